The molecule has 15 heavy (non-hydrogen) atoms. The summed E-state index contributed by atoms with van der Waals surface area (Å²) in [7, 11) is 0. The molecule has 0 spiro atoms. The molecule has 0 heterocycles. The number of rotatable bonds is 2. The van der Waals surface area contributed by atoms with Gasteiger partial charge in [-0.25, -0.2) is 4.79 Å². The van der Waals surface area contributed by atoms with Gasteiger partial charge in [0, 0.05) is 12.0 Å². The van der Waals surface area contributed by atoms with E-state index in [1.54, 1.807) is 0 Å². The van der Waals surface area contributed by atoms with Crippen LogP contribution in [0.5, 0.6) is 0 Å². The number of ether oxygens (including phenoxy) is 1. The molecule has 1 unspecified atom stereocenters. The summed E-state index contributed by atoms with van der Waals surface area (Å²) in [6.45, 7) is 12.5. The maximum absolute atomic E-state index is 11.2. The molecule has 2 heteroatoms. The largest absolute Gasteiger partial charge is 0.459 e. The lowest BCUT2D eigenvalue weighted by molar-refractivity contribution is -0.272. The summed E-state index contributed by atoms with van der Waals surface area (Å²) in [4.78, 5) is 11.2. The Morgan fingerprint density at radius 1 is 1.40 bits per heavy atom. The van der Waals surface area contributed by atoms with Gasteiger partial charge in [0.05, 0.1) is 0 Å². The fraction of sp³-hybridized carbons (Fsp3) is 0.769. The minimum atomic E-state index is -0.276. The Balaban J connectivity index is 2.03. The summed E-state index contributed by atoms with van der Waals surface area (Å²) >= 11 is 0. The molecule has 0 aromatic heterocycles. The summed E-state index contributed by atoms with van der Waals surface area (Å²) in [6.07, 6.45) is 1.39. The van der Waals surface area contributed by atoms with Crippen LogP contribution in [0.2, 0.25) is 0 Å². The lowest BCUT2D eigenvalue weighted by Crippen LogP contribution is -2.70. The van der Waals surface area contributed by atoms with Crippen LogP contribution in [-0.2, 0) is 9.53 Å². The van der Waals surface area contributed by atoms with Gasteiger partial charge in [-0.1, -0.05) is 34.3 Å². The third kappa shape index (κ3) is 1.20. The molecule has 2 nitrogen and oxygen atoms in total. The highest BCUT2D eigenvalue weighted by molar-refractivity contribution is 5.81. The molecule has 0 amide bonds. The van der Waals surface area contributed by atoms with Crippen molar-refractivity contribution in [3.63, 3.8) is 0 Å². The van der Waals surface area contributed by atoms with Gasteiger partial charge in [-0.15, -0.1) is 0 Å². The molecule has 0 aliphatic heterocycles. The predicted molar refractivity (Wildman–Crippen MR) is 59.2 cm³/mol. The first-order valence-corrected chi connectivity index (χ1v) is 5.74. The molecule has 2 aliphatic rings. The van der Waals surface area contributed by atoms with Crippen LogP contribution in [0.3, 0.4) is 0 Å². The summed E-state index contributed by atoms with van der Waals surface area (Å²) in [6, 6.07) is 0. The molecule has 0 aromatic carbocycles. The van der Waals surface area contributed by atoms with E-state index in [4.69, 9.17) is 4.74 Å². The summed E-state index contributed by atoms with van der Waals surface area (Å²) < 4.78 is 5.39. The molecule has 0 aromatic rings. The zero-order valence-corrected chi connectivity index (χ0v) is 9.99. The van der Waals surface area contributed by atoms with Crippen LogP contribution >= 0.6 is 0 Å². The van der Waals surface area contributed by atoms with Gasteiger partial charge in [-0.05, 0) is 23.2 Å². The summed E-state index contributed by atoms with van der Waals surface area (Å²) in [5.41, 5.74) is 0.418. The van der Waals surface area contributed by atoms with E-state index >= 15 is 0 Å². The first-order chi connectivity index (χ1) is 6.91. The maximum atomic E-state index is 11.2. The average molecular weight is 208 g/mol. The van der Waals surface area contributed by atoms with Crippen molar-refractivity contribution in [1.29, 1.82) is 0 Å². The summed E-state index contributed by atoms with van der Waals surface area (Å²) in [5.74, 6) is 2.20. The Morgan fingerprint density at radius 3 is 2.53 bits per heavy atom. The van der Waals surface area contributed by atoms with E-state index in [9.17, 15) is 4.79 Å². The smallest absolute Gasteiger partial charge is 0.330 e. The van der Waals surface area contributed by atoms with Crippen molar-refractivity contribution in [2.45, 2.75) is 33.8 Å². The number of hydrogen-bond acceptors (Lipinski definition) is 2. The van der Waals surface area contributed by atoms with Crippen LogP contribution < -0.4 is 0 Å². The second-order valence-electron chi connectivity index (χ2n) is 5.68. The van der Waals surface area contributed by atoms with Gasteiger partial charge in [-0.3, -0.25) is 0 Å². The van der Waals surface area contributed by atoms with Gasteiger partial charge < -0.3 is 4.74 Å². The molecule has 0 saturated heterocycles. The minimum Gasteiger partial charge on any atom is -0.459 e. The van der Waals surface area contributed by atoms with E-state index < -0.39 is 0 Å². The Labute approximate surface area is 91.7 Å². The van der Waals surface area contributed by atoms with Crippen LogP contribution in [0, 0.1) is 29.1 Å². The minimum absolute atomic E-state index is 0.128. The third-order valence-electron chi connectivity index (χ3n) is 4.91. The molecule has 2 fully saturated rings. The SMILES string of the molecule is C=CC(=O)O[C@@H]1C2[C@H]([C@H]1C)C(C)(C)[C@H]2C. The highest BCUT2D eigenvalue weighted by atomic mass is 16.5. The normalized spacial score (nSPS) is 45.7. The molecule has 2 rings (SSSR count). The number of carbonyl (C=O) groups excluding carboxylic acids is 1. The zero-order valence-electron chi connectivity index (χ0n) is 9.99. The van der Waals surface area contributed by atoms with Gasteiger partial charge in [-0.2, -0.15) is 0 Å². The number of carbonyl (C=O) groups is 1. The lowest BCUT2D eigenvalue weighted by atomic mass is 9.36. The van der Waals surface area contributed by atoms with Gasteiger partial charge in [0.15, 0.2) is 0 Å². The molecule has 5 atom stereocenters. The van der Waals surface area contributed by atoms with Gasteiger partial charge in [0.1, 0.15) is 6.10 Å². The number of fused-ring (bicyclic) bond motifs is 1. The fourth-order valence-electron chi connectivity index (χ4n) is 3.78. The van der Waals surface area contributed by atoms with Crippen LogP contribution in [-0.4, -0.2) is 12.1 Å². The van der Waals surface area contributed by atoms with Crippen LogP contribution in [0.25, 0.3) is 0 Å². The molecule has 2 aliphatic carbocycles. The van der Waals surface area contributed by atoms with E-state index in [1.165, 1.54) is 6.08 Å². The Bertz CT molecular complexity index is 306. The van der Waals surface area contributed by atoms with E-state index in [0.29, 0.717) is 23.2 Å². The third-order valence-corrected chi connectivity index (χ3v) is 4.91. The Kier molecular flexibility index (Phi) is 2.21. The zero-order chi connectivity index (χ0) is 11.4. The fourth-order valence-corrected chi connectivity index (χ4v) is 3.78. The summed E-state index contributed by atoms with van der Waals surface area (Å²) in [5, 5.41) is 0. The van der Waals surface area contributed by atoms with E-state index in [2.05, 4.69) is 34.3 Å². The van der Waals surface area contributed by atoms with Crippen molar-refractivity contribution in [3.05, 3.63) is 12.7 Å². The second-order valence-corrected chi connectivity index (χ2v) is 5.68. The van der Waals surface area contributed by atoms with Gasteiger partial charge >= 0.3 is 5.97 Å². The van der Waals surface area contributed by atoms with E-state index in [-0.39, 0.29) is 12.1 Å². The predicted octanol–water partition coefficient (Wildman–Crippen LogP) is 2.64. The van der Waals surface area contributed by atoms with Gasteiger partial charge in [0.25, 0.3) is 0 Å². The maximum Gasteiger partial charge on any atom is 0.330 e. The second kappa shape index (κ2) is 3.10. The first kappa shape index (κ1) is 10.7. The average Bonchev–Trinajstić information content (AvgIpc) is 2.19. The lowest BCUT2D eigenvalue weighted by Gasteiger charge is -2.70. The van der Waals surface area contributed by atoms with Crippen LogP contribution in [0.15, 0.2) is 12.7 Å². The topological polar surface area (TPSA) is 26.3 Å². The molecule has 0 radical (unpaired) electrons. The monoisotopic (exact) mass is 208 g/mol. The molecular weight excluding hydrogens is 188 g/mol. The highest BCUT2D eigenvalue weighted by Crippen LogP contribution is 2.68. The highest BCUT2D eigenvalue weighted by Gasteiger charge is 2.68. The van der Waals surface area contributed by atoms with Crippen LogP contribution in [0.1, 0.15) is 27.7 Å². The molecular formula is C13H20O2. The van der Waals surface area contributed by atoms with Gasteiger partial charge in [0.2, 0.25) is 0 Å². The first-order valence-electron chi connectivity index (χ1n) is 5.74. The quantitative estimate of drug-likeness (QED) is 0.515. The molecule has 2 saturated carbocycles. The molecule has 84 valence electrons. The van der Waals surface area contributed by atoms with Crippen molar-refractivity contribution in [1.82, 2.24) is 0 Å². The molecule has 0 bridgehead atoms. The van der Waals surface area contributed by atoms with Crippen molar-refractivity contribution in [2.24, 2.45) is 29.1 Å². The van der Waals surface area contributed by atoms with Crippen molar-refractivity contribution < 1.29 is 9.53 Å². The van der Waals surface area contributed by atoms with Crippen molar-refractivity contribution in [3.8, 4) is 0 Å². The Hall–Kier alpha value is -0.790. The standard InChI is InChI=1S/C13H20O2/c1-6-9(14)15-12-7(2)11-10(12)8(3)13(11,4)5/h6-8,10-12H,1H2,2-5H3/t7-,8+,10?,11+,12+/m1/s1. The van der Waals surface area contributed by atoms with E-state index in [1.807, 2.05) is 0 Å². The van der Waals surface area contributed by atoms with Crippen LogP contribution in [0.4, 0.5) is 0 Å². The van der Waals surface area contributed by atoms with E-state index in [0.717, 1.165) is 5.92 Å². The molecule has 0 N–H and O–H groups in total. The van der Waals surface area contributed by atoms with Crippen molar-refractivity contribution in [2.75, 3.05) is 0 Å². The number of hydrogen-bond donors (Lipinski definition) is 0. The number of esters is 1. The van der Waals surface area contributed by atoms with Crippen molar-refractivity contribution >= 4 is 5.97 Å². The Morgan fingerprint density at radius 2 is 2.00 bits per heavy atom.